The van der Waals surface area contributed by atoms with Crippen molar-refractivity contribution >= 4 is 34.2 Å². The van der Waals surface area contributed by atoms with E-state index in [0.717, 1.165) is 27.7 Å². The van der Waals surface area contributed by atoms with Gasteiger partial charge in [-0.05, 0) is 89.1 Å². The summed E-state index contributed by atoms with van der Waals surface area (Å²) in [7, 11) is 0. The lowest BCUT2D eigenvalue weighted by atomic mass is 10.0. The van der Waals surface area contributed by atoms with Gasteiger partial charge >= 0.3 is 0 Å². The van der Waals surface area contributed by atoms with E-state index in [1.54, 1.807) is 42.8 Å². The molecule has 0 fully saturated rings. The van der Waals surface area contributed by atoms with Crippen LogP contribution in [-0.2, 0) is 4.79 Å². The summed E-state index contributed by atoms with van der Waals surface area (Å²) in [6.45, 7) is 11.5. The fourth-order valence-electron chi connectivity index (χ4n) is 3.81. The van der Waals surface area contributed by atoms with E-state index in [1.807, 2.05) is 19.1 Å². The molecule has 170 valence electrons. The van der Waals surface area contributed by atoms with Crippen molar-refractivity contribution in [1.82, 2.24) is 14.8 Å². The summed E-state index contributed by atoms with van der Waals surface area (Å²) >= 11 is 5.95. The van der Waals surface area contributed by atoms with Crippen molar-refractivity contribution < 1.29 is 9.53 Å². The second-order valence-corrected chi connectivity index (χ2v) is 9.31. The number of aromatic nitrogens is 3. The SMILES string of the molecule is Cc1cc(C)c2nc(-n3nc(C)cc3NC(=O)C(C)(C)Oc3ccc(Cl)cc3)cc(C)c2c1. The number of nitrogens with one attached hydrogen (secondary N) is 1. The number of carbonyl (C=O) groups excluding carboxylic acids is 1. The summed E-state index contributed by atoms with van der Waals surface area (Å²) < 4.78 is 7.59. The van der Waals surface area contributed by atoms with E-state index < -0.39 is 5.60 Å². The van der Waals surface area contributed by atoms with E-state index in [1.165, 1.54) is 5.56 Å². The van der Waals surface area contributed by atoms with Gasteiger partial charge in [-0.1, -0.05) is 23.2 Å². The van der Waals surface area contributed by atoms with Crippen LogP contribution in [0.3, 0.4) is 0 Å². The van der Waals surface area contributed by atoms with Crippen molar-refractivity contribution in [2.45, 2.75) is 47.1 Å². The Bertz CT molecular complexity index is 1360. The van der Waals surface area contributed by atoms with Crippen LogP contribution in [0.25, 0.3) is 16.7 Å². The zero-order chi connectivity index (χ0) is 23.9. The van der Waals surface area contributed by atoms with E-state index in [2.05, 4.69) is 43.3 Å². The average Bonchev–Trinajstić information content (AvgIpc) is 3.10. The van der Waals surface area contributed by atoms with Crippen LogP contribution < -0.4 is 10.1 Å². The van der Waals surface area contributed by atoms with Crippen molar-refractivity contribution in [2.24, 2.45) is 0 Å². The van der Waals surface area contributed by atoms with E-state index in [-0.39, 0.29) is 5.91 Å². The highest BCUT2D eigenvalue weighted by atomic mass is 35.5. The van der Waals surface area contributed by atoms with Crippen LogP contribution in [0.2, 0.25) is 5.02 Å². The van der Waals surface area contributed by atoms with Crippen LogP contribution in [-0.4, -0.2) is 26.3 Å². The third-order valence-corrected chi connectivity index (χ3v) is 5.72. The highest BCUT2D eigenvalue weighted by Crippen LogP contribution is 2.27. The molecule has 6 nitrogen and oxygen atoms in total. The van der Waals surface area contributed by atoms with Crippen LogP contribution in [0.15, 0.2) is 48.5 Å². The van der Waals surface area contributed by atoms with Crippen LogP contribution >= 0.6 is 11.6 Å². The maximum atomic E-state index is 13.1. The monoisotopic (exact) mass is 462 g/mol. The van der Waals surface area contributed by atoms with Gasteiger partial charge in [-0.25, -0.2) is 4.98 Å². The third kappa shape index (κ3) is 4.71. The first-order valence-electron chi connectivity index (χ1n) is 10.8. The summed E-state index contributed by atoms with van der Waals surface area (Å²) in [6.07, 6.45) is 0. The van der Waals surface area contributed by atoms with Crippen molar-refractivity contribution in [3.63, 3.8) is 0 Å². The van der Waals surface area contributed by atoms with E-state index in [9.17, 15) is 4.79 Å². The lowest BCUT2D eigenvalue weighted by Gasteiger charge is -2.25. The lowest BCUT2D eigenvalue weighted by molar-refractivity contribution is -0.128. The van der Waals surface area contributed by atoms with Gasteiger partial charge in [-0.15, -0.1) is 0 Å². The van der Waals surface area contributed by atoms with Gasteiger partial charge in [0.2, 0.25) is 0 Å². The molecule has 0 saturated carbocycles. The number of fused-ring (bicyclic) bond motifs is 1. The van der Waals surface area contributed by atoms with Gasteiger partial charge in [0.25, 0.3) is 5.91 Å². The number of pyridine rings is 1. The Balaban J connectivity index is 1.66. The summed E-state index contributed by atoms with van der Waals surface area (Å²) in [5.74, 6) is 1.43. The molecule has 2 aromatic heterocycles. The van der Waals surface area contributed by atoms with E-state index >= 15 is 0 Å². The Labute approximate surface area is 198 Å². The minimum absolute atomic E-state index is 0.303. The molecule has 0 unspecified atom stereocenters. The highest BCUT2D eigenvalue weighted by molar-refractivity contribution is 6.30. The average molecular weight is 463 g/mol. The minimum atomic E-state index is -1.13. The summed E-state index contributed by atoms with van der Waals surface area (Å²) in [5.41, 5.74) is 3.95. The molecule has 0 saturated heterocycles. The van der Waals surface area contributed by atoms with Crippen LogP contribution in [0.4, 0.5) is 5.82 Å². The molecule has 1 amide bonds. The molecule has 0 radical (unpaired) electrons. The molecule has 1 N–H and O–H groups in total. The number of benzene rings is 2. The second kappa shape index (κ2) is 8.52. The second-order valence-electron chi connectivity index (χ2n) is 8.88. The molecule has 7 heteroatoms. The van der Waals surface area contributed by atoms with Gasteiger partial charge in [0.1, 0.15) is 11.6 Å². The Hall–Kier alpha value is -3.38. The first kappa shape index (κ1) is 22.8. The molecule has 0 aliphatic carbocycles. The smallest absolute Gasteiger partial charge is 0.269 e. The zero-order valence-corrected chi connectivity index (χ0v) is 20.4. The van der Waals surface area contributed by atoms with Crippen molar-refractivity contribution in [3.05, 3.63) is 75.9 Å². The summed E-state index contributed by atoms with van der Waals surface area (Å²) in [6, 6.07) is 15.0. The number of halogens is 1. The van der Waals surface area contributed by atoms with Gasteiger partial charge in [0.15, 0.2) is 11.4 Å². The Morgan fingerprint density at radius 3 is 2.39 bits per heavy atom. The highest BCUT2D eigenvalue weighted by Gasteiger charge is 2.31. The lowest BCUT2D eigenvalue weighted by Crippen LogP contribution is -2.42. The molecule has 2 heterocycles. The summed E-state index contributed by atoms with van der Waals surface area (Å²) in [5, 5.41) is 9.27. The van der Waals surface area contributed by atoms with E-state index in [0.29, 0.717) is 22.4 Å². The fraction of sp³-hybridized carbons (Fsp3) is 0.269. The minimum Gasteiger partial charge on any atom is -0.478 e. The molecule has 4 aromatic rings. The van der Waals surface area contributed by atoms with Crippen molar-refractivity contribution in [3.8, 4) is 11.6 Å². The number of rotatable bonds is 5. The number of amides is 1. The molecular weight excluding hydrogens is 436 g/mol. The molecule has 0 spiro atoms. The first-order chi connectivity index (χ1) is 15.5. The predicted octanol–water partition coefficient (Wildman–Crippen LogP) is 6.10. The maximum Gasteiger partial charge on any atom is 0.269 e. The third-order valence-electron chi connectivity index (χ3n) is 5.47. The van der Waals surface area contributed by atoms with Crippen molar-refractivity contribution in [1.29, 1.82) is 0 Å². The van der Waals surface area contributed by atoms with Gasteiger partial charge in [0.05, 0.1) is 11.2 Å². The normalized spacial score (nSPS) is 11.6. The van der Waals surface area contributed by atoms with Crippen molar-refractivity contribution in [2.75, 3.05) is 5.32 Å². The number of nitrogens with zero attached hydrogens (tertiary/aromatic N) is 3. The number of carbonyl (C=O) groups is 1. The standard InChI is InChI=1S/C26H27ClN4O2/c1-15-11-17(3)24-21(12-15)16(2)13-22(28-24)31-23(14-18(4)30-31)29-25(32)26(5,6)33-20-9-7-19(27)8-10-20/h7-14H,1-6H3,(H,29,32). The number of ether oxygens (including phenoxy) is 1. The summed E-state index contributed by atoms with van der Waals surface area (Å²) in [4.78, 5) is 18.0. The van der Waals surface area contributed by atoms with Gasteiger partial charge in [-0.3, -0.25) is 4.79 Å². The number of anilines is 1. The maximum absolute atomic E-state index is 13.1. The Morgan fingerprint density at radius 2 is 1.70 bits per heavy atom. The van der Waals surface area contributed by atoms with Crippen LogP contribution in [0.1, 0.15) is 36.2 Å². The van der Waals surface area contributed by atoms with Gasteiger partial charge in [-0.2, -0.15) is 9.78 Å². The van der Waals surface area contributed by atoms with Crippen LogP contribution in [0.5, 0.6) is 5.75 Å². The Kier molecular flexibility index (Phi) is 5.89. The Morgan fingerprint density at radius 1 is 1.00 bits per heavy atom. The predicted molar refractivity (Wildman–Crippen MR) is 133 cm³/mol. The molecule has 0 atom stereocenters. The molecule has 33 heavy (non-hydrogen) atoms. The number of aryl methyl sites for hydroxylation is 4. The number of hydrogen-bond acceptors (Lipinski definition) is 4. The molecule has 0 bridgehead atoms. The van der Waals surface area contributed by atoms with Gasteiger partial charge < -0.3 is 10.1 Å². The topological polar surface area (TPSA) is 69.0 Å². The quantitative estimate of drug-likeness (QED) is 0.389. The molecule has 4 rings (SSSR count). The molecule has 0 aliphatic rings. The first-order valence-corrected chi connectivity index (χ1v) is 11.1. The number of hydrogen-bond donors (Lipinski definition) is 1. The fourth-order valence-corrected chi connectivity index (χ4v) is 3.94. The van der Waals surface area contributed by atoms with Gasteiger partial charge in [0, 0.05) is 16.5 Å². The molecular formula is C26H27ClN4O2. The van der Waals surface area contributed by atoms with E-state index in [4.69, 9.17) is 21.3 Å². The van der Waals surface area contributed by atoms with Crippen LogP contribution in [0, 0.1) is 27.7 Å². The molecule has 2 aromatic carbocycles. The zero-order valence-electron chi connectivity index (χ0n) is 19.7. The molecule has 0 aliphatic heterocycles. The largest absolute Gasteiger partial charge is 0.478 e.